The molecule has 0 aliphatic heterocycles. The molecule has 1 aliphatic rings. The Morgan fingerprint density at radius 3 is 2.25 bits per heavy atom. The summed E-state index contributed by atoms with van der Waals surface area (Å²) in [5, 5.41) is 7.36. The van der Waals surface area contributed by atoms with Crippen molar-refractivity contribution in [3.8, 4) is 16.9 Å². The smallest absolute Gasteiger partial charge is 0.360 e. The van der Waals surface area contributed by atoms with Crippen molar-refractivity contribution in [2.45, 2.75) is 24.7 Å². The largest absolute Gasteiger partial charge is 0.464 e. The zero-order chi connectivity index (χ0) is 19.7. The maximum absolute atomic E-state index is 13.0. The molecule has 1 fully saturated rings. The van der Waals surface area contributed by atoms with Crippen LogP contribution in [0.2, 0.25) is 0 Å². The fourth-order valence-corrected chi connectivity index (χ4v) is 3.15. The monoisotopic (exact) mass is 385 g/mol. The van der Waals surface area contributed by atoms with Gasteiger partial charge in [-0.25, -0.2) is 13.6 Å². The number of alkyl halides is 2. The number of carbonyl (C=O) groups is 1. The van der Waals surface area contributed by atoms with E-state index in [1.807, 2.05) is 36.4 Å². The normalized spacial score (nSPS) is 15.7. The molecular formula is C20H17F2N3O3. The van der Waals surface area contributed by atoms with Crippen LogP contribution in [0.15, 0.2) is 54.7 Å². The van der Waals surface area contributed by atoms with E-state index in [1.165, 1.54) is 13.3 Å². The number of hydrogen-bond donors (Lipinski definition) is 0. The zero-order valence-electron chi connectivity index (χ0n) is 15.0. The van der Waals surface area contributed by atoms with Crippen LogP contribution in [0.4, 0.5) is 8.78 Å². The van der Waals surface area contributed by atoms with E-state index in [0.29, 0.717) is 5.75 Å². The van der Waals surface area contributed by atoms with Crippen LogP contribution >= 0.6 is 0 Å². The van der Waals surface area contributed by atoms with Crippen LogP contribution in [0.25, 0.3) is 11.1 Å². The molecule has 6 nitrogen and oxygen atoms in total. The van der Waals surface area contributed by atoms with Crippen molar-refractivity contribution in [3.05, 3.63) is 66.0 Å². The molecule has 144 valence electrons. The van der Waals surface area contributed by atoms with Crippen molar-refractivity contribution in [1.29, 1.82) is 0 Å². The number of aromatic nitrogens is 3. The van der Waals surface area contributed by atoms with Crippen LogP contribution in [0.3, 0.4) is 0 Å². The third kappa shape index (κ3) is 3.71. The van der Waals surface area contributed by atoms with E-state index in [9.17, 15) is 13.6 Å². The molecule has 1 heterocycles. The molecule has 0 atom stereocenters. The van der Waals surface area contributed by atoms with Crippen LogP contribution in [0.5, 0.6) is 5.75 Å². The van der Waals surface area contributed by atoms with Crippen molar-refractivity contribution in [2.24, 2.45) is 0 Å². The average Bonchev–Trinajstić information content (AvgIpc) is 3.15. The summed E-state index contributed by atoms with van der Waals surface area (Å²) >= 11 is 0. The van der Waals surface area contributed by atoms with Crippen molar-refractivity contribution in [1.82, 2.24) is 15.2 Å². The second-order valence-electron chi connectivity index (χ2n) is 6.70. The summed E-state index contributed by atoms with van der Waals surface area (Å²) in [6.07, 6.45) is 1.18. The van der Waals surface area contributed by atoms with Gasteiger partial charge in [0.25, 0.3) is 0 Å². The van der Waals surface area contributed by atoms with E-state index < -0.39 is 11.9 Å². The Morgan fingerprint density at radius 1 is 1.07 bits per heavy atom. The topological polar surface area (TPSA) is 66.2 Å². The van der Waals surface area contributed by atoms with Crippen molar-refractivity contribution in [3.63, 3.8) is 0 Å². The predicted molar refractivity (Wildman–Crippen MR) is 96.2 cm³/mol. The summed E-state index contributed by atoms with van der Waals surface area (Å²) in [6.45, 7) is 0. The lowest BCUT2D eigenvalue weighted by atomic mass is 9.76. The number of halogens is 2. The second-order valence-corrected chi connectivity index (χ2v) is 6.70. The van der Waals surface area contributed by atoms with Gasteiger partial charge in [0.2, 0.25) is 5.92 Å². The Hall–Kier alpha value is -3.29. The van der Waals surface area contributed by atoms with Gasteiger partial charge in [-0.15, -0.1) is 5.10 Å². The lowest BCUT2D eigenvalue weighted by molar-refractivity contribution is -0.0867. The Balaban J connectivity index is 1.42. The third-order valence-electron chi connectivity index (χ3n) is 4.73. The first-order valence-corrected chi connectivity index (χ1v) is 8.71. The summed E-state index contributed by atoms with van der Waals surface area (Å²) in [7, 11) is 1.26. The lowest BCUT2D eigenvalue weighted by Crippen LogP contribution is -2.33. The number of methoxy groups -OCH3 is 1. The number of nitrogens with zero attached hydrogens (tertiary/aromatic N) is 3. The van der Waals surface area contributed by atoms with Gasteiger partial charge in [-0.2, -0.15) is 0 Å². The molecule has 1 saturated carbocycles. The number of ether oxygens (including phenoxy) is 1. The van der Waals surface area contributed by atoms with Gasteiger partial charge < -0.3 is 9.57 Å². The highest BCUT2D eigenvalue weighted by molar-refractivity contribution is 5.86. The molecule has 8 heteroatoms. The highest BCUT2D eigenvalue weighted by Crippen LogP contribution is 2.48. The fourth-order valence-electron chi connectivity index (χ4n) is 3.15. The summed E-state index contributed by atoms with van der Waals surface area (Å²) < 4.78 is 30.6. The molecule has 0 saturated heterocycles. The van der Waals surface area contributed by atoms with Gasteiger partial charge in [0.1, 0.15) is 6.20 Å². The molecule has 2 aromatic carbocycles. The van der Waals surface area contributed by atoms with Crippen LogP contribution in [-0.2, 0) is 4.74 Å². The first-order chi connectivity index (χ1) is 13.4. The molecule has 1 aromatic heterocycles. The minimum atomic E-state index is -2.51. The first-order valence-electron chi connectivity index (χ1n) is 8.71. The second kappa shape index (κ2) is 7.03. The zero-order valence-corrected chi connectivity index (χ0v) is 15.0. The number of rotatable bonds is 5. The molecule has 0 bridgehead atoms. The summed E-state index contributed by atoms with van der Waals surface area (Å²) in [6, 6.07) is 14.9. The van der Waals surface area contributed by atoms with Gasteiger partial charge in [0.15, 0.2) is 11.4 Å². The lowest BCUT2D eigenvalue weighted by Gasteiger charge is -2.35. The maximum Gasteiger partial charge on any atom is 0.360 e. The van der Waals surface area contributed by atoms with Crippen molar-refractivity contribution >= 4 is 5.97 Å². The van der Waals surface area contributed by atoms with Crippen LogP contribution < -0.4 is 4.84 Å². The summed E-state index contributed by atoms with van der Waals surface area (Å²) in [4.78, 5) is 17.9. The molecule has 0 N–H and O–H groups in total. The van der Waals surface area contributed by atoms with Gasteiger partial charge in [-0.05, 0) is 40.0 Å². The van der Waals surface area contributed by atoms with E-state index in [0.717, 1.165) is 21.5 Å². The highest BCUT2D eigenvalue weighted by Gasteiger charge is 2.45. The van der Waals surface area contributed by atoms with E-state index in [4.69, 9.17) is 4.84 Å². The van der Waals surface area contributed by atoms with Gasteiger partial charge in [-0.1, -0.05) is 41.2 Å². The molecule has 3 aromatic rings. The fraction of sp³-hybridized carbons (Fsp3) is 0.250. The number of carbonyl (C=O) groups excluding carboxylic acids is 1. The van der Waals surface area contributed by atoms with Gasteiger partial charge >= 0.3 is 5.97 Å². The molecule has 0 amide bonds. The van der Waals surface area contributed by atoms with Gasteiger partial charge in [-0.3, -0.25) is 0 Å². The van der Waals surface area contributed by atoms with Crippen LogP contribution in [0, 0.1) is 0 Å². The Morgan fingerprint density at radius 2 is 1.68 bits per heavy atom. The standard InChI is InChI=1S/C20H17F2N3O3/c1-27-19(26)18-12-25(24-23-18)28-17-8-6-14(7-9-17)13-2-4-15(5-3-13)16-10-20(21,22)11-16/h2-9,12,16H,10-11H2,1H3. The van der Waals surface area contributed by atoms with E-state index >= 15 is 0 Å². The third-order valence-corrected chi connectivity index (χ3v) is 4.73. The van der Waals surface area contributed by atoms with Crippen LogP contribution in [0.1, 0.15) is 34.8 Å². The molecule has 0 unspecified atom stereocenters. The Kier molecular flexibility index (Phi) is 4.54. The number of esters is 1. The Bertz CT molecular complexity index is 977. The van der Waals surface area contributed by atoms with Crippen molar-refractivity contribution < 1.29 is 23.1 Å². The molecule has 1 aliphatic carbocycles. The minimum Gasteiger partial charge on any atom is -0.464 e. The first kappa shape index (κ1) is 18.1. The SMILES string of the molecule is COC(=O)c1cn(Oc2ccc(-c3ccc(C4CC(F)(F)C4)cc3)cc2)nn1. The van der Waals surface area contributed by atoms with E-state index in [1.54, 1.807) is 12.1 Å². The quantitative estimate of drug-likeness (QED) is 0.619. The predicted octanol–water partition coefficient (Wildman–Crippen LogP) is 4.09. The van der Waals surface area contributed by atoms with Gasteiger partial charge in [0, 0.05) is 12.8 Å². The number of benzene rings is 2. The van der Waals surface area contributed by atoms with E-state index in [2.05, 4.69) is 15.0 Å². The molecule has 0 radical (unpaired) electrons. The molecule has 4 rings (SSSR count). The van der Waals surface area contributed by atoms with Crippen molar-refractivity contribution in [2.75, 3.05) is 7.11 Å². The molecule has 28 heavy (non-hydrogen) atoms. The molecular weight excluding hydrogens is 368 g/mol. The summed E-state index contributed by atoms with van der Waals surface area (Å²) in [5.74, 6) is -2.66. The van der Waals surface area contributed by atoms with Crippen LogP contribution in [-0.4, -0.2) is 34.2 Å². The molecule has 0 spiro atoms. The van der Waals surface area contributed by atoms with Gasteiger partial charge in [0.05, 0.1) is 7.11 Å². The maximum atomic E-state index is 13.0. The van der Waals surface area contributed by atoms with E-state index in [-0.39, 0.29) is 24.5 Å². The number of hydrogen-bond acceptors (Lipinski definition) is 5. The minimum absolute atomic E-state index is 0.0448. The summed E-state index contributed by atoms with van der Waals surface area (Å²) in [5.41, 5.74) is 2.94. The Labute approximate surface area is 159 Å². The highest BCUT2D eigenvalue weighted by atomic mass is 19.3. The average molecular weight is 385 g/mol.